The van der Waals surface area contributed by atoms with Crippen molar-refractivity contribution >= 4 is 75.4 Å². The monoisotopic (exact) mass is 985 g/mol. The average molecular weight is 986 g/mol. The van der Waals surface area contributed by atoms with Crippen LogP contribution in [0.2, 0.25) is 0 Å². The highest BCUT2D eigenvalue weighted by Crippen LogP contribution is 2.63. The lowest BCUT2D eigenvalue weighted by molar-refractivity contribution is 0.668. The third-order valence-corrected chi connectivity index (χ3v) is 17.4. The summed E-state index contributed by atoms with van der Waals surface area (Å²) in [7, 11) is 0. The molecule has 4 aromatic heterocycles. The van der Waals surface area contributed by atoms with Crippen molar-refractivity contribution in [2.24, 2.45) is 0 Å². The number of hydrogen-bond acceptors (Lipinski definition) is 6. The summed E-state index contributed by atoms with van der Waals surface area (Å²) < 4.78 is 15.4. The van der Waals surface area contributed by atoms with Gasteiger partial charge in [0.25, 0.3) is 0 Å². The number of benzene rings is 11. The van der Waals surface area contributed by atoms with E-state index in [-0.39, 0.29) is 5.41 Å². The standard InChI is InChI=1S/C70H39N3O2S/c1-6-20-56-44(13-1)45-14-2-7-21-57(45)70(56)58-22-8-3-15-46(58)52-35-42(31-33-59(52)70)40-27-29-41(30-28-40)43-32-34-61-55(36-43)66-48(18-11-24-62(66)75-61)51-38-65-53(47-16-5-10-26-64(47)76-65)37-54(51)69-72-39-71-68(73-69)50-19-12-25-63-67(50)49-17-4-9-23-60(49)74-63/h1-39H. The molecular formula is C70H39N3O2S. The van der Waals surface area contributed by atoms with E-state index in [1.807, 2.05) is 30.3 Å². The number of aromatic nitrogens is 3. The van der Waals surface area contributed by atoms with Crippen LogP contribution in [0.1, 0.15) is 22.3 Å². The first kappa shape index (κ1) is 41.7. The van der Waals surface area contributed by atoms with E-state index in [0.717, 1.165) is 82.6 Å². The van der Waals surface area contributed by atoms with E-state index in [1.165, 1.54) is 70.4 Å². The van der Waals surface area contributed by atoms with Gasteiger partial charge < -0.3 is 8.83 Å². The zero-order valence-corrected chi connectivity index (χ0v) is 41.4. The van der Waals surface area contributed by atoms with Gasteiger partial charge in [0.2, 0.25) is 0 Å². The molecule has 2 aliphatic rings. The fourth-order valence-electron chi connectivity index (χ4n) is 13.1. The average Bonchev–Trinajstić information content (AvgIpc) is 4.39. The summed E-state index contributed by atoms with van der Waals surface area (Å²) in [6.07, 6.45) is 1.64. The van der Waals surface area contributed by atoms with Gasteiger partial charge in [-0.15, -0.1) is 11.3 Å². The number of para-hydroxylation sites is 1. The summed E-state index contributed by atoms with van der Waals surface area (Å²) >= 11 is 1.80. The SMILES string of the molecule is c1ccc2c(c1)-c1ccccc1C21c2ccccc2-c2cc(-c3ccc(-c4ccc5oc6cccc(-c7cc8sc9ccccc9c8cc7-c7ncnc(-c8cccc9oc%10ccccc%10c89)n7)c6c5c4)cc3)ccc21. The van der Waals surface area contributed by atoms with Gasteiger partial charge in [-0.25, -0.2) is 15.0 Å². The second kappa shape index (κ2) is 15.6. The van der Waals surface area contributed by atoms with Gasteiger partial charge >= 0.3 is 0 Å². The molecule has 17 rings (SSSR count). The molecule has 11 aromatic carbocycles. The summed E-state index contributed by atoms with van der Waals surface area (Å²) in [6.45, 7) is 0. The third kappa shape index (κ3) is 5.76. The first-order chi connectivity index (χ1) is 37.7. The fraction of sp³-hybridized carbons (Fsp3) is 0.0143. The molecule has 0 N–H and O–H groups in total. The highest BCUT2D eigenvalue weighted by molar-refractivity contribution is 7.25. The molecule has 4 heterocycles. The van der Waals surface area contributed by atoms with E-state index < -0.39 is 0 Å². The predicted octanol–water partition coefficient (Wildman–Crippen LogP) is 18.7. The van der Waals surface area contributed by atoms with Crippen molar-refractivity contribution in [1.82, 2.24) is 15.0 Å². The maximum absolute atomic E-state index is 6.70. The van der Waals surface area contributed by atoms with Crippen LogP contribution in [-0.4, -0.2) is 15.0 Å². The zero-order chi connectivity index (χ0) is 49.6. The van der Waals surface area contributed by atoms with E-state index in [9.17, 15) is 0 Å². The van der Waals surface area contributed by atoms with Crippen LogP contribution in [0.3, 0.4) is 0 Å². The molecule has 2 aliphatic carbocycles. The van der Waals surface area contributed by atoms with Gasteiger partial charge in [-0.3, -0.25) is 0 Å². The maximum atomic E-state index is 6.70. The Morgan fingerprint density at radius 3 is 1.54 bits per heavy atom. The largest absolute Gasteiger partial charge is 0.456 e. The third-order valence-electron chi connectivity index (χ3n) is 16.3. The van der Waals surface area contributed by atoms with E-state index >= 15 is 0 Å². The normalized spacial score (nSPS) is 13.1. The lowest BCUT2D eigenvalue weighted by Crippen LogP contribution is -2.25. The van der Waals surface area contributed by atoms with Gasteiger partial charge in [-0.05, 0) is 132 Å². The molecule has 0 unspecified atom stereocenters. The van der Waals surface area contributed by atoms with Crippen molar-refractivity contribution in [1.29, 1.82) is 0 Å². The van der Waals surface area contributed by atoms with E-state index in [0.29, 0.717) is 11.6 Å². The molecule has 0 aliphatic heterocycles. The van der Waals surface area contributed by atoms with Crippen LogP contribution in [0, 0.1) is 0 Å². The van der Waals surface area contributed by atoms with Crippen LogP contribution in [0.5, 0.6) is 0 Å². The Kier molecular flexibility index (Phi) is 8.58. The minimum atomic E-state index is -0.354. The Morgan fingerprint density at radius 2 is 0.816 bits per heavy atom. The maximum Gasteiger partial charge on any atom is 0.164 e. The Bertz CT molecular complexity index is 4920. The number of rotatable bonds is 5. The Balaban J connectivity index is 0.783. The smallest absolute Gasteiger partial charge is 0.164 e. The van der Waals surface area contributed by atoms with Crippen LogP contribution in [0.25, 0.3) is 142 Å². The topological polar surface area (TPSA) is 65.0 Å². The first-order valence-electron chi connectivity index (χ1n) is 25.7. The summed E-state index contributed by atoms with van der Waals surface area (Å²) in [5.41, 5.74) is 22.1. The molecule has 0 amide bonds. The first-order valence-corrected chi connectivity index (χ1v) is 26.5. The minimum Gasteiger partial charge on any atom is -0.456 e. The molecule has 5 nitrogen and oxygen atoms in total. The Morgan fingerprint density at radius 1 is 0.303 bits per heavy atom. The van der Waals surface area contributed by atoms with Crippen LogP contribution < -0.4 is 0 Å². The molecule has 0 saturated carbocycles. The highest BCUT2D eigenvalue weighted by Gasteiger charge is 2.51. The fourth-order valence-corrected chi connectivity index (χ4v) is 14.2. The van der Waals surface area contributed by atoms with Crippen molar-refractivity contribution in [3.8, 4) is 78.4 Å². The number of thiophene rings is 1. The highest BCUT2D eigenvalue weighted by atomic mass is 32.1. The number of fused-ring (bicyclic) bond motifs is 19. The summed E-state index contributed by atoms with van der Waals surface area (Å²) in [5, 5.41) is 6.48. The molecule has 0 bridgehead atoms. The quantitative estimate of drug-likeness (QED) is 0.172. The Labute approximate surface area is 439 Å². The van der Waals surface area contributed by atoms with Gasteiger partial charge in [0, 0.05) is 52.8 Å². The molecule has 0 atom stereocenters. The molecule has 0 radical (unpaired) electrons. The molecule has 1 spiro atoms. The number of furan rings is 2. The second-order valence-electron chi connectivity index (χ2n) is 20.1. The van der Waals surface area contributed by atoms with Crippen LogP contribution in [0.15, 0.2) is 246 Å². The van der Waals surface area contributed by atoms with Gasteiger partial charge in [0.1, 0.15) is 28.7 Å². The summed E-state index contributed by atoms with van der Waals surface area (Å²) in [5.74, 6) is 1.18. The lowest BCUT2D eigenvalue weighted by Gasteiger charge is -2.30. The van der Waals surface area contributed by atoms with Gasteiger partial charge in [-0.2, -0.15) is 0 Å². The summed E-state index contributed by atoms with van der Waals surface area (Å²) in [4.78, 5) is 15.0. The zero-order valence-electron chi connectivity index (χ0n) is 40.6. The van der Waals surface area contributed by atoms with Gasteiger partial charge in [0.05, 0.1) is 5.41 Å². The molecular weight excluding hydrogens is 947 g/mol. The Hall–Kier alpha value is -9.75. The van der Waals surface area contributed by atoms with Crippen LogP contribution >= 0.6 is 11.3 Å². The van der Waals surface area contributed by atoms with Crippen LogP contribution in [-0.2, 0) is 5.41 Å². The van der Waals surface area contributed by atoms with Gasteiger partial charge in [0.15, 0.2) is 11.6 Å². The molecule has 15 aromatic rings. The number of nitrogens with zero attached hydrogens (tertiary/aromatic N) is 3. The summed E-state index contributed by atoms with van der Waals surface area (Å²) in [6, 6.07) is 83.5. The molecule has 352 valence electrons. The predicted molar refractivity (Wildman–Crippen MR) is 311 cm³/mol. The van der Waals surface area contributed by atoms with E-state index in [2.05, 4.69) is 200 Å². The van der Waals surface area contributed by atoms with E-state index in [1.54, 1.807) is 17.7 Å². The molecule has 6 heteroatoms. The minimum absolute atomic E-state index is 0.354. The lowest BCUT2D eigenvalue weighted by atomic mass is 9.70. The molecule has 76 heavy (non-hydrogen) atoms. The van der Waals surface area contributed by atoms with E-state index in [4.69, 9.17) is 23.8 Å². The van der Waals surface area contributed by atoms with Gasteiger partial charge in [-0.1, -0.05) is 176 Å². The van der Waals surface area contributed by atoms with Crippen molar-refractivity contribution in [2.75, 3.05) is 0 Å². The second-order valence-corrected chi connectivity index (χ2v) is 21.2. The molecule has 0 fully saturated rings. The van der Waals surface area contributed by atoms with Crippen molar-refractivity contribution in [3.63, 3.8) is 0 Å². The van der Waals surface area contributed by atoms with Crippen molar-refractivity contribution < 1.29 is 8.83 Å². The van der Waals surface area contributed by atoms with Crippen molar-refractivity contribution in [3.05, 3.63) is 259 Å². The van der Waals surface area contributed by atoms with Crippen molar-refractivity contribution in [2.45, 2.75) is 5.41 Å². The number of hydrogen-bond donors (Lipinski definition) is 0. The van der Waals surface area contributed by atoms with Crippen LogP contribution in [0.4, 0.5) is 0 Å². The molecule has 0 saturated heterocycles.